The van der Waals surface area contributed by atoms with Crippen molar-refractivity contribution < 1.29 is 13.9 Å². The normalized spacial score (nSPS) is 10.4. The van der Waals surface area contributed by atoms with Gasteiger partial charge in [-0.15, -0.1) is 5.10 Å². The number of hydrogen-bond donors (Lipinski definition) is 1. The second-order valence-corrected chi connectivity index (χ2v) is 4.90. The zero-order valence-corrected chi connectivity index (χ0v) is 12.6. The lowest BCUT2D eigenvalue weighted by molar-refractivity contribution is 0.139. The number of aromatic nitrogens is 4. The summed E-state index contributed by atoms with van der Waals surface area (Å²) in [4.78, 5) is 11.7. The quantitative estimate of drug-likeness (QED) is 0.777. The van der Waals surface area contributed by atoms with Crippen LogP contribution in [0.3, 0.4) is 0 Å². The maximum absolute atomic E-state index is 13.0. The van der Waals surface area contributed by atoms with Gasteiger partial charge in [-0.1, -0.05) is 30.3 Å². The number of carbonyl (C=O) groups is 1. The molecule has 0 saturated carbocycles. The van der Waals surface area contributed by atoms with E-state index in [4.69, 9.17) is 4.74 Å². The van der Waals surface area contributed by atoms with Crippen molar-refractivity contribution in [1.29, 1.82) is 0 Å². The van der Waals surface area contributed by atoms with Crippen LogP contribution < -0.4 is 5.32 Å². The summed E-state index contributed by atoms with van der Waals surface area (Å²) >= 11 is 0. The lowest BCUT2D eigenvalue weighted by Crippen LogP contribution is -2.25. The Labute approximate surface area is 137 Å². The highest BCUT2D eigenvalue weighted by Crippen LogP contribution is 2.09. The topological polar surface area (TPSA) is 81.9 Å². The predicted octanol–water partition coefficient (Wildman–Crippen LogP) is 2.23. The largest absolute Gasteiger partial charge is 0.445 e. The van der Waals surface area contributed by atoms with Gasteiger partial charge >= 0.3 is 6.09 Å². The molecule has 1 amide bonds. The van der Waals surface area contributed by atoms with Crippen molar-refractivity contribution in [2.45, 2.75) is 13.2 Å². The summed E-state index contributed by atoms with van der Waals surface area (Å²) < 4.78 is 19.5. The Morgan fingerprint density at radius 1 is 1.12 bits per heavy atom. The first-order chi connectivity index (χ1) is 11.7. The van der Waals surface area contributed by atoms with Gasteiger partial charge in [-0.25, -0.2) is 9.18 Å². The lowest BCUT2D eigenvalue weighted by Gasteiger charge is -2.07. The highest BCUT2D eigenvalue weighted by atomic mass is 19.1. The maximum atomic E-state index is 13.0. The number of rotatable bonds is 5. The Balaban J connectivity index is 1.56. The molecular weight excluding hydrogens is 313 g/mol. The number of ether oxygens (including phenoxy) is 1. The van der Waals surface area contributed by atoms with E-state index in [0.717, 1.165) is 5.56 Å². The van der Waals surface area contributed by atoms with Gasteiger partial charge in [-0.05, 0) is 40.3 Å². The number of hydrogen-bond acceptors (Lipinski definition) is 5. The van der Waals surface area contributed by atoms with Gasteiger partial charge in [-0.3, -0.25) is 0 Å². The Morgan fingerprint density at radius 3 is 2.62 bits per heavy atom. The number of halogens is 1. The number of carbonyl (C=O) groups excluding carboxylic acids is 1. The molecule has 24 heavy (non-hydrogen) atoms. The number of amides is 1. The minimum Gasteiger partial charge on any atom is -0.445 e. The van der Waals surface area contributed by atoms with E-state index in [-0.39, 0.29) is 19.0 Å². The van der Waals surface area contributed by atoms with Crippen LogP contribution in [0.5, 0.6) is 0 Å². The van der Waals surface area contributed by atoms with Crippen LogP contribution >= 0.6 is 0 Å². The zero-order chi connectivity index (χ0) is 16.8. The molecule has 0 saturated heterocycles. The molecule has 3 rings (SSSR count). The molecule has 0 aliphatic carbocycles. The van der Waals surface area contributed by atoms with Crippen molar-refractivity contribution in [2.75, 3.05) is 0 Å². The standard InChI is InChI=1S/C16H14FN5O2/c17-13-6-8-14(9-7-13)22-15(19-20-21-22)10-18-16(23)24-11-12-4-2-1-3-5-12/h1-9H,10-11H2,(H,18,23). The van der Waals surface area contributed by atoms with Crippen molar-refractivity contribution in [3.8, 4) is 5.69 Å². The SMILES string of the molecule is O=C(NCc1nnnn1-c1ccc(F)cc1)OCc1ccccc1. The molecule has 3 aromatic rings. The van der Waals surface area contributed by atoms with Crippen LogP contribution in [-0.4, -0.2) is 26.3 Å². The molecule has 7 nitrogen and oxygen atoms in total. The van der Waals surface area contributed by atoms with Crippen LogP contribution in [0.25, 0.3) is 5.69 Å². The molecular formula is C16H14FN5O2. The van der Waals surface area contributed by atoms with Gasteiger partial charge in [0.25, 0.3) is 0 Å². The van der Waals surface area contributed by atoms with Crippen molar-refractivity contribution in [3.05, 3.63) is 71.8 Å². The van der Waals surface area contributed by atoms with Crippen LogP contribution in [0.4, 0.5) is 9.18 Å². The fraction of sp³-hybridized carbons (Fsp3) is 0.125. The van der Waals surface area contributed by atoms with Crippen molar-refractivity contribution in [3.63, 3.8) is 0 Å². The van der Waals surface area contributed by atoms with Gasteiger partial charge < -0.3 is 10.1 Å². The monoisotopic (exact) mass is 327 g/mol. The Kier molecular flexibility index (Phi) is 4.76. The van der Waals surface area contributed by atoms with Crippen molar-refractivity contribution in [1.82, 2.24) is 25.5 Å². The third-order valence-electron chi connectivity index (χ3n) is 3.21. The molecule has 0 unspecified atom stereocenters. The summed E-state index contributed by atoms with van der Waals surface area (Å²) in [6, 6.07) is 15.1. The molecule has 0 bridgehead atoms. The van der Waals surface area contributed by atoms with E-state index < -0.39 is 6.09 Å². The van der Waals surface area contributed by atoms with E-state index in [9.17, 15) is 9.18 Å². The van der Waals surface area contributed by atoms with Gasteiger partial charge in [0.15, 0.2) is 5.82 Å². The molecule has 0 radical (unpaired) electrons. The van der Waals surface area contributed by atoms with Crippen molar-refractivity contribution >= 4 is 6.09 Å². The summed E-state index contributed by atoms with van der Waals surface area (Å²) in [7, 11) is 0. The third-order valence-corrected chi connectivity index (χ3v) is 3.21. The van der Waals surface area contributed by atoms with E-state index in [1.807, 2.05) is 30.3 Å². The minimum atomic E-state index is -0.576. The number of benzene rings is 2. The van der Waals surface area contributed by atoms with Gasteiger partial charge in [0, 0.05) is 0 Å². The molecule has 0 fully saturated rings. The summed E-state index contributed by atoms with van der Waals surface area (Å²) in [5, 5.41) is 13.8. The number of nitrogens with zero attached hydrogens (tertiary/aromatic N) is 4. The smallest absolute Gasteiger partial charge is 0.407 e. The van der Waals surface area contributed by atoms with Gasteiger partial charge in [0.2, 0.25) is 0 Å². The first-order valence-electron chi connectivity index (χ1n) is 7.20. The molecule has 1 N–H and O–H groups in total. The number of alkyl carbamates (subject to hydrolysis) is 1. The summed E-state index contributed by atoms with van der Waals surface area (Å²) in [5.74, 6) is 0.0502. The highest BCUT2D eigenvalue weighted by molar-refractivity contribution is 5.67. The first kappa shape index (κ1) is 15.6. The first-order valence-corrected chi connectivity index (χ1v) is 7.20. The van der Waals surface area contributed by atoms with E-state index in [1.165, 1.54) is 16.8 Å². The summed E-state index contributed by atoms with van der Waals surface area (Å²) in [5.41, 5.74) is 1.49. The lowest BCUT2D eigenvalue weighted by atomic mass is 10.2. The fourth-order valence-corrected chi connectivity index (χ4v) is 2.02. The molecule has 1 heterocycles. The highest BCUT2D eigenvalue weighted by Gasteiger charge is 2.10. The third kappa shape index (κ3) is 3.92. The Morgan fingerprint density at radius 2 is 1.88 bits per heavy atom. The van der Waals surface area contributed by atoms with Crippen LogP contribution in [0.2, 0.25) is 0 Å². The fourth-order valence-electron chi connectivity index (χ4n) is 2.02. The van der Waals surface area contributed by atoms with E-state index >= 15 is 0 Å². The molecule has 0 aliphatic rings. The molecule has 122 valence electrons. The van der Waals surface area contributed by atoms with E-state index in [2.05, 4.69) is 20.8 Å². The Hall–Kier alpha value is -3.29. The molecule has 1 aromatic heterocycles. The van der Waals surface area contributed by atoms with Crippen LogP contribution in [0.15, 0.2) is 54.6 Å². The second kappa shape index (κ2) is 7.32. The molecule has 0 aliphatic heterocycles. The van der Waals surface area contributed by atoms with Crippen LogP contribution in [0, 0.1) is 5.82 Å². The van der Waals surface area contributed by atoms with Gasteiger partial charge in [0.1, 0.15) is 12.4 Å². The Bertz CT molecular complexity index is 805. The average molecular weight is 327 g/mol. The zero-order valence-electron chi connectivity index (χ0n) is 12.6. The van der Waals surface area contributed by atoms with Crippen LogP contribution in [0.1, 0.15) is 11.4 Å². The average Bonchev–Trinajstić information content (AvgIpc) is 3.08. The molecule has 0 atom stereocenters. The molecule has 0 spiro atoms. The minimum absolute atomic E-state index is 0.0813. The van der Waals surface area contributed by atoms with Crippen molar-refractivity contribution in [2.24, 2.45) is 0 Å². The second-order valence-electron chi connectivity index (χ2n) is 4.90. The van der Waals surface area contributed by atoms with Gasteiger partial charge in [-0.2, -0.15) is 4.68 Å². The molecule has 8 heteroatoms. The maximum Gasteiger partial charge on any atom is 0.407 e. The number of tetrazole rings is 1. The predicted molar refractivity (Wildman–Crippen MR) is 82.6 cm³/mol. The van der Waals surface area contributed by atoms with Gasteiger partial charge in [0.05, 0.1) is 12.2 Å². The summed E-state index contributed by atoms with van der Waals surface area (Å²) in [6.07, 6.45) is -0.576. The summed E-state index contributed by atoms with van der Waals surface area (Å²) in [6.45, 7) is 0.258. The van der Waals surface area contributed by atoms with E-state index in [1.54, 1.807) is 12.1 Å². The van der Waals surface area contributed by atoms with E-state index in [0.29, 0.717) is 11.5 Å². The molecule has 2 aromatic carbocycles. The van der Waals surface area contributed by atoms with Crippen LogP contribution in [-0.2, 0) is 17.9 Å². The number of nitrogens with one attached hydrogen (secondary N) is 1.